The lowest BCUT2D eigenvalue weighted by atomic mass is 10.1. The quantitative estimate of drug-likeness (QED) is 0.664. The van der Waals surface area contributed by atoms with Gasteiger partial charge < -0.3 is 10.0 Å². The van der Waals surface area contributed by atoms with Crippen molar-refractivity contribution >= 4 is 34.9 Å². The van der Waals surface area contributed by atoms with Crippen LogP contribution < -0.4 is 4.90 Å². The Bertz CT molecular complexity index is 594. The molecular weight excluding hydrogens is 258 g/mol. The topological polar surface area (TPSA) is 74.7 Å². The third-order valence-corrected chi connectivity index (χ3v) is 2.92. The van der Waals surface area contributed by atoms with Crippen molar-refractivity contribution in [2.24, 2.45) is 0 Å². The van der Waals surface area contributed by atoms with Gasteiger partial charge in [-0.25, -0.2) is 4.79 Å². The number of ketones is 1. The van der Waals surface area contributed by atoms with E-state index in [0.717, 1.165) is 4.90 Å². The second kappa shape index (κ2) is 4.27. The summed E-state index contributed by atoms with van der Waals surface area (Å²) in [5, 5.41) is 8.92. The number of hydrogen-bond acceptors (Lipinski definition) is 3. The highest BCUT2D eigenvalue weighted by Gasteiger charge is 2.37. The van der Waals surface area contributed by atoms with E-state index in [1.54, 1.807) is 12.1 Å². The van der Waals surface area contributed by atoms with E-state index in [0.29, 0.717) is 5.69 Å². The van der Waals surface area contributed by atoms with Crippen LogP contribution in [-0.2, 0) is 9.59 Å². The predicted molar refractivity (Wildman–Crippen MR) is 64.9 cm³/mol. The lowest BCUT2D eigenvalue weighted by Crippen LogP contribution is -2.32. The largest absolute Gasteiger partial charge is 0.478 e. The van der Waals surface area contributed by atoms with Crippen molar-refractivity contribution in [1.82, 2.24) is 0 Å². The smallest absolute Gasteiger partial charge is 0.332 e. The Balaban J connectivity index is 2.44. The summed E-state index contributed by atoms with van der Waals surface area (Å²) >= 11 is 5.86. The maximum atomic E-state index is 11.8. The summed E-state index contributed by atoms with van der Waals surface area (Å²) in [7, 11) is 0. The molecule has 0 atom stereocenters. The Morgan fingerprint density at radius 1 is 1.39 bits per heavy atom. The van der Waals surface area contributed by atoms with Crippen LogP contribution in [0.2, 0.25) is 5.02 Å². The first kappa shape index (κ1) is 12.3. The number of hydrogen-bond donors (Lipinski definition) is 1. The van der Waals surface area contributed by atoms with Gasteiger partial charge in [0.25, 0.3) is 11.7 Å². The van der Waals surface area contributed by atoms with Gasteiger partial charge in [-0.1, -0.05) is 24.2 Å². The minimum Gasteiger partial charge on any atom is -0.478 e. The number of amides is 1. The predicted octanol–water partition coefficient (Wildman–Crippen LogP) is 1.51. The zero-order chi connectivity index (χ0) is 13.4. The lowest BCUT2D eigenvalue weighted by molar-refractivity contribution is -0.132. The zero-order valence-corrected chi connectivity index (χ0v) is 9.90. The molecule has 0 bridgehead atoms. The molecule has 1 aliphatic rings. The second-order valence-electron chi connectivity index (χ2n) is 3.76. The first-order valence-electron chi connectivity index (χ1n) is 4.99. The number of carboxylic acids is 1. The van der Waals surface area contributed by atoms with E-state index in [1.165, 1.54) is 6.07 Å². The van der Waals surface area contributed by atoms with E-state index >= 15 is 0 Å². The number of nitrogens with zero attached hydrogens (tertiary/aromatic N) is 1. The monoisotopic (exact) mass is 265 g/mol. The van der Waals surface area contributed by atoms with Crippen LogP contribution in [0.3, 0.4) is 0 Å². The molecule has 0 saturated carbocycles. The summed E-state index contributed by atoms with van der Waals surface area (Å²) in [6.07, 6.45) is 0. The van der Waals surface area contributed by atoms with Crippen LogP contribution in [0.5, 0.6) is 0 Å². The summed E-state index contributed by atoms with van der Waals surface area (Å²) in [6, 6.07) is 4.63. The Kier molecular flexibility index (Phi) is 2.92. The van der Waals surface area contributed by atoms with Gasteiger partial charge in [-0.15, -0.1) is 0 Å². The number of anilines is 1. The molecule has 0 radical (unpaired) electrons. The number of rotatable bonds is 3. The molecule has 0 aromatic heterocycles. The highest BCUT2D eigenvalue weighted by molar-refractivity contribution is 6.55. The molecule has 1 aromatic carbocycles. The molecule has 1 aliphatic heterocycles. The molecule has 2 rings (SSSR count). The number of halogens is 1. The summed E-state index contributed by atoms with van der Waals surface area (Å²) < 4.78 is 0. The van der Waals surface area contributed by atoms with E-state index in [2.05, 4.69) is 6.58 Å². The highest BCUT2D eigenvalue weighted by atomic mass is 35.5. The van der Waals surface area contributed by atoms with Gasteiger partial charge in [0.2, 0.25) is 0 Å². The van der Waals surface area contributed by atoms with Crippen LogP contribution in [0.15, 0.2) is 30.4 Å². The number of benzene rings is 1. The molecule has 0 saturated heterocycles. The summed E-state index contributed by atoms with van der Waals surface area (Å²) in [6.45, 7) is 3.09. The minimum atomic E-state index is -1.22. The number of carboxylic acid groups (broad SMARTS) is 1. The van der Waals surface area contributed by atoms with Crippen LogP contribution >= 0.6 is 11.6 Å². The fourth-order valence-electron chi connectivity index (χ4n) is 1.72. The first-order valence-corrected chi connectivity index (χ1v) is 5.37. The van der Waals surface area contributed by atoms with Gasteiger partial charge in [0.1, 0.15) is 0 Å². The van der Waals surface area contributed by atoms with Gasteiger partial charge in [0.05, 0.1) is 22.8 Å². The fourth-order valence-corrected chi connectivity index (χ4v) is 1.97. The van der Waals surface area contributed by atoms with Gasteiger partial charge >= 0.3 is 5.97 Å². The van der Waals surface area contributed by atoms with Crippen LogP contribution in [0.4, 0.5) is 5.69 Å². The molecule has 0 aliphatic carbocycles. The van der Waals surface area contributed by atoms with Crippen molar-refractivity contribution < 1.29 is 19.5 Å². The number of Topliss-reactive ketones (excluding diaryl/α,β-unsaturated/α-hetero) is 1. The number of carbonyl (C=O) groups is 3. The molecule has 1 N–H and O–H groups in total. The summed E-state index contributed by atoms with van der Waals surface area (Å²) in [4.78, 5) is 35.3. The van der Waals surface area contributed by atoms with Crippen LogP contribution in [0.25, 0.3) is 0 Å². The van der Waals surface area contributed by atoms with Gasteiger partial charge in [-0.2, -0.15) is 0 Å². The lowest BCUT2D eigenvalue weighted by Gasteiger charge is -2.16. The summed E-state index contributed by atoms with van der Waals surface area (Å²) in [5.41, 5.74) is 0.256. The maximum absolute atomic E-state index is 11.8. The first-order chi connectivity index (χ1) is 8.43. The third kappa shape index (κ3) is 1.78. The van der Waals surface area contributed by atoms with Gasteiger partial charge in [-0.05, 0) is 12.1 Å². The Labute approximate surface area is 107 Å². The number of aliphatic carboxylic acids is 1. The molecule has 18 heavy (non-hydrogen) atoms. The van der Waals surface area contributed by atoms with Crippen LogP contribution in [0, 0.1) is 0 Å². The highest BCUT2D eigenvalue weighted by Crippen LogP contribution is 2.34. The van der Waals surface area contributed by atoms with Gasteiger partial charge in [0.15, 0.2) is 0 Å². The molecule has 92 valence electrons. The Morgan fingerprint density at radius 3 is 2.67 bits per heavy atom. The average Bonchev–Trinajstić information content (AvgIpc) is 2.55. The SMILES string of the molecule is C=C(CN1C(=O)C(=O)c2c(Cl)cccc21)C(=O)O. The maximum Gasteiger partial charge on any atom is 0.332 e. The molecule has 0 unspecified atom stereocenters. The standard InChI is InChI=1S/C12H8ClNO4/c1-6(12(17)18)5-14-8-4-2-3-7(13)9(8)10(15)11(14)16/h2-4H,1,5H2,(H,17,18). The molecule has 6 heteroatoms. The fraction of sp³-hybridized carbons (Fsp3) is 0.0833. The summed E-state index contributed by atoms with van der Waals surface area (Å²) in [5.74, 6) is -2.74. The van der Waals surface area contributed by atoms with Crippen molar-refractivity contribution in [3.63, 3.8) is 0 Å². The Hall–Kier alpha value is -2.14. The van der Waals surface area contributed by atoms with Gasteiger partial charge in [0, 0.05) is 5.57 Å². The van der Waals surface area contributed by atoms with Crippen molar-refractivity contribution in [2.75, 3.05) is 11.4 Å². The Morgan fingerprint density at radius 2 is 2.06 bits per heavy atom. The van der Waals surface area contributed by atoms with E-state index in [1.807, 2.05) is 0 Å². The molecule has 1 amide bonds. The molecule has 5 nitrogen and oxygen atoms in total. The van der Waals surface area contributed by atoms with Crippen LogP contribution in [-0.4, -0.2) is 29.3 Å². The van der Waals surface area contributed by atoms with E-state index in [9.17, 15) is 14.4 Å². The average molecular weight is 266 g/mol. The molecule has 0 spiro atoms. The number of carbonyl (C=O) groups excluding carboxylic acids is 2. The zero-order valence-electron chi connectivity index (χ0n) is 9.14. The van der Waals surface area contributed by atoms with Crippen molar-refractivity contribution in [3.05, 3.63) is 40.9 Å². The van der Waals surface area contributed by atoms with E-state index < -0.39 is 17.7 Å². The van der Waals surface area contributed by atoms with E-state index in [4.69, 9.17) is 16.7 Å². The van der Waals surface area contributed by atoms with E-state index in [-0.39, 0.29) is 22.7 Å². The minimum absolute atomic E-state index is 0.113. The van der Waals surface area contributed by atoms with Gasteiger partial charge in [-0.3, -0.25) is 9.59 Å². The van der Waals surface area contributed by atoms with Crippen molar-refractivity contribution in [1.29, 1.82) is 0 Å². The van der Waals surface area contributed by atoms with Crippen molar-refractivity contribution in [3.8, 4) is 0 Å². The molecule has 0 fully saturated rings. The number of fused-ring (bicyclic) bond motifs is 1. The van der Waals surface area contributed by atoms with Crippen molar-refractivity contribution in [2.45, 2.75) is 0 Å². The second-order valence-corrected chi connectivity index (χ2v) is 4.17. The molecule has 1 heterocycles. The van der Waals surface area contributed by atoms with Crippen LogP contribution in [0.1, 0.15) is 10.4 Å². The molecule has 1 aromatic rings. The normalized spacial score (nSPS) is 13.7. The third-order valence-electron chi connectivity index (χ3n) is 2.60. The molecular formula is C12H8ClNO4.